The van der Waals surface area contributed by atoms with Gasteiger partial charge in [0.2, 0.25) is 0 Å². The van der Waals surface area contributed by atoms with Gasteiger partial charge in [-0.2, -0.15) is 0 Å². The van der Waals surface area contributed by atoms with Crippen molar-refractivity contribution in [2.24, 2.45) is 15.7 Å². The molecule has 14 heavy (non-hydrogen) atoms. The second-order valence-electron chi connectivity index (χ2n) is 3.24. The highest BCUT2D eigenvalue weighted by Crippen LogP contribution is 2.06. The number of nitrogens with two attached hydrogens (primary N) is 1. The van der Waals surface area contributed by atoms with Gasteiger partial charge in [0, 0.05) is 11.4 Å². The molecule has 1 rings (SSSR count). The van der Waals surface area contributed by atoms with Crippen LogP contribution >= 0.6 is 0 Å². The molecule has 0 saturated carbocycles. The molecule has 0 spiro atoms. The minimum atomic E-state index is -0.884. The molecule has 0 saturated heterocycles. The third-order valence-corrected chi connectivity index (χ3v) is 1.86. The van der Waals surface area contributed by atoms with E-state index in [1.54, 1.807) is 6.34 Å². The number of allylic oxidation sites excluding steroid dienone is 2. The van der Waals surface area contributed by atoms with Crippen LogP contribution in [0, 0.1) is 0 Å². The summed E-state index contributed by atoms with van der Waals surface area (Å²) in [5.41, 5.74) is 7.26. The Hall–Kier alpha value is -1.20. The largest absolute Gasteiger partial charge is 0.377 e. The van der Waals surface area contributed by atoms with E-state index in [1.165, 1.54) is 0 Å². The van der Waals surface area contributed by atoms with Gasteiger partial charge in [0.05, 0.1) is 12.9 Å². The van der Waals surface area contributed by atoms with Crippen molar-refractivity contribution in [3.8, 4) is 0 Å². The first kappa shape index (κ1) is 10.9. The number of rotatable bonds is 3. The van der Waals surface area contributed by atoms with Gasteiger partial charge in [0.15, 0.2) is 0 Å². The zero-order valence-electron chi connectivity index (χ0n) is 8.51. The van der Waals surface area contributed by atoms with E-state index in [1.807, 2.05) is 24.8 Å². The molecule has 1 heterocycles. The van der Waals surface area contributed by atoms with Crippen molar-refractivity contribution in [2.75, 3.05) is 13.2 Å². The van der Waals surface area contributed by atoms with Crippen LogP contribution in [0.3, 0.4) is 0 Å². The average Bonchev–Trinajstić information content (AvgIpc) is 2.08. The smallest absolute Gasteiger partial charge is 0.122 e. The maximum atomic E-state index is 8.79. The molecule has 1 aliphatic rings. The summed E-state index contributed by atoms with van der Waals surface area (Å²) >= 11 is 0. The van der Waals surface area contributed by atoms with Gasteiger partial charge >= 0.3 is 0 Å². The lowest BCUT2D eigenvalue weighted by molar-refractivity contribution is 0.191. The van der Waals surface area contributed by atoms with Gasteiger partial charge in [0.1, 0.15) is 12.9 Å². The van der Waals surface area contributed by atoms with Crippen LogP contribution in [0.15, 0.2) is 21.8 Å². The summed E-state index contributed by atoms with van der Waals surface area (Å²) in [6.45, 7) is 4.75. The maximum Gasteiger partial charge on any atom is 0.122 e. The van der Waals surface area contributed by atoms with Crippen LogP contribution in [0.25, 0.3) is 0 Å². The summed E-state index contributed by atoms with van der Waals surface area (Å²) in [6, 6.07) is 0. The summed E-state index contributed by atoms with van der Waals surface area (Å²) in [5.74, 6) is 0. The third-order valence-electron chi connectivity index (χ3n) is 1.86. The topological polar surface area (TPSA) is 74.2 Å². The molecule has 78 valence electrons. The lowest BCUT2D eigenvalue weighted by Crippen LogP contribution is -2.26. The van der Waals surface area contributed by atoms with E-state index in [4.69, 9.17) is 10.8 Å². The molecule has 0 aromatic carbocycles. The van der Waals surface area contributed by atoms with Gasteiger partial charge in [-0.1, -0.05) is 0 Å². The van der Waals surface area contributed by atoms with Gasteiger partial charge in [0.25, 0.3) is 0 Å². The number of aliphatic imine (C=N–C) groups is 2. The Labute approximate surface area is 83.6 Å². The van der Waals surface area contributed by atoms with E-state index in [0.29, 0.717) is 6.67 Å². The summed E-state index contributed by atoms with van der Waals surface area (Å²) in [6.07, 6.45) is 2.75. The lowest BCUT2D eigenvalue weighted by Gasteiger charge is -2.21. The maximum absolute atomic E-state index is 8.79. The van der Waals surface area contributed by atoms with E-state index in [2.05, 4.69) is 9.98 Å². The van der Waals surface area contributed by atoms with Crippen LogP contribution < -0.4 is 5.73 Å². The van der Waals surface area contributed by atoms with Crippen molar-refractivity contribution < 1.29 is 5.11 Å². The van der Waals surface area contributed by atoms with Crippen molar-refractivity contribution in [3.05, 3.63) is 11.8 Å². The fourth-order valence-corrected chi connectivity index (χ4v) is 1.11. The van der Waals surface area contributed by atoms with Crippen LogP contribution in [0.1, 0.15) is 13.8 Å². The van der Waals surface area contributed by atoms with Crippen molar-refractivity contribution in [2.45, 2.75) is 20.1 Å². The second kappa shape index (κ2) is 4.88. The molecule has 1 atom stereocenters. The molecule has 3 N–H and O–H groups in total. The molecule has 5 nitrogen and oxygen atoms in total. The lowest BCUT2D eigenvalue weighted by atomic mass is 10.3. The van der Waals surface area contributed by atoms with E-state index in [-0.39, 0.29) is 6.54 Å². The highest BCUT2D eigenvalue weighted by Gasteiger charge is 2.06. The highest BCUT2D eigenvalue weighted by molar-refractivity contribution is 5.94. The molecule has 5 heteroatoms. The van der Waals surface area contributed by atoms with Crippen LogP contribution in [-0.2, 0) is 0 Å². The molecule has 0 aromatic heterocycles. The molecule has 1 unspecified atom stereocenters. The van der Waals surface area contributed by atoms with E-state index in [9.17, 15) is 0 Å². The van der Waals surface area contributed by atoms with Crippen molar-refractivity contribution in [1.82, 2.24) is 4.90 Å². The van der Waals surface area contributed by atoms with Gasteiger partial charge in [-0.15, -0.1) is 0 Å². The van der Waals surface area contributed by atoms with Crippen LogP contribution in [0.4, 0.5) is 0 Å². The summed E-state index contributed by atoms with van der Waals surface area (Å²) in [4.78, 5) is 10.1. The van der Waals surface area contributed by atoms with E-state index < -0.39 is 6.23 Å². The molecule has 0 bridgehead atoms. The van der Waals surface area contributed by atoms with E-state index in [0.717, 1.165) is 11.4 Å². The molecule has 0 aromatic rings. The van der Waals surface area contributed by atoms with Crippen molar-refractivity contribution in [3.63, 3.8) is 0 Å². The standard InChI is InChI=1S/C9H16N4O/c1-7-3-8(2)13(6-12-7)5-11-4-9(10)14/h3,5,9,14H,4,6,10H2,1-2H3. The molecular weight excluding hydrogens is 180 g/mol. The predicted octanol–water partition coefficient (Wildman–Crippen LogP) is -0.0704. The fourth-order valence-electron chi connectivity index (χ4n) is 1.11. The van der Waals surface area contributed by atoms with Crippen molar-refractivity contribution >= 4 is 12.1 Å². The number of aliphatic hydroxyl groups is 1. The second-order valence-corrected chi connectivity index (χ2v) is 3.24. The Bertz CT molecular complexity index is 281. The highest BCUT2D eigenvalue weighted by atomic mass is 16.3. The first-order chi connectivity index (χ1) is 6.59. The van der Waals surface area contributed by atoms with Gasteiger partial charge in [-0.25, -0.2) is 0 Å². The Morgan fingerprint density at radius 3 is 3.07 bits per heavy atom. The molecule has 1 aliphatic heterocycles. The molecule has 0 fully saturated rings. The number of nitrogens with zero attached hydrogens (tertiary/aromatic N) is 3. The Kier molecular flexibility index (Phi) is 3.79. The number of hydrogen-bond donors (Lipinski definition) is 2. The first-order valence-electron chi connectivity index (χ1n) is 4.49. The molecule has 0 amide bonds. The number of aliphatic hydroxyl groups excluding tert-OH is 1. The van der Waals surface area contributed by atoms with Crippen LogP contribution in [0.2, 0.25) is 0 Å². The van der Waals surface area contributed by atoms with Gasteiger partial charge in [-0.3, -0.25) is 9.98 Å². The SMILES string of the molecule is CC1=CC(C)=NCN1C=NCC(N)O. The fraction of sp³-hybridized carbons (Fsp3) is 0.556. The van der Waals surface area contributed by atoms with E-state index >= 15 is 0 Å². The minimum absolute atomic E-state index is 0.215. The minimum Gasteiger partial charge on any atom is -0.377 e. The zero-order chi connectivity index (χ0) is 10.6. The number of hydrogen-bond acceptors (Lipinski definition) is 4. The molecule has 0 radical (unpaired) electrons. The van der Waals surface area contributed by atoms with Crippen LogP contribution in [0.5, 0.6) is 0 Å². The Balaban J connectivity index is 2.48. The molecular formula is C9H16N4O. The quantitative estimate of drug-likeness (QED) is 0.377. The molecule has 0 aliphatic carbocycles. The third kappa shape index (κ3) is 3.27. The summed E-state index contributed by atoms with van der Waals surface area (Å²) < 4.78 is 0. The zero-order valence-corrected chi connectivity index (χ0v) is 8.51. The monoisotopic (exact) mass is 196 g/mol. The predicted molar refractivity (Wildman–Crippen MR) is 57.1 cm³/mol. The average molecular weight is 196 g/mol. The normalized spacial score (nSPS) is 19.6. The summed E-state index contributed by atoms with van der Waals surface area (Å²) in [5, 5.41) is 8.79. The first-order valence-corrected chi connectivity index (χ1v) is 4.49. The van der Waals surface area contributed by atoms with Gasteiger partial charge < -0.3 is 15.7 Å². The van der Waals surface area contributed by atoms with Gasteiger partial charge in [-0.05, 0) is 19.9 Å². The van der Waals surface area contributed by atoms with Crippen LogP contribution in [-0.4, -0.2) is 41.5 Å². The Morgan fingerprint density at radius 1 is 1.79 bits per heavy atom. The summed E-state index contributed by atoms with van der Waals surface area (Å²) in [7, 11) is 0. The Morgan fingerprint density at radius 2 is 2.50 bits per heavy atom. The van der Waals surface area contributed by atoms with Crippen molar-refractivity contribution in [1.29, 1.82) is 0 Å².